The summed E-state index contributed by atoms with van der Waals surface area (Å²) in [7, 11) is 1.50. The highest BCUT2D eigenvalue weighted by atomic mass is 19.4. The number of aromatic nitrogens is 2. The second-order valence-corrected chi connectivity index (χ2v) is 10.1. The topological polar surface area (TPSA) is 48.6 Å². The third-order valence-corrected chi connectivity index (χ3v) is 7.61. The second kappa shape index (κ2) is 11.7. The molecule has 0 unspecified atom stereocenters. The van der Waals surface area contributed by atoms with Crippen LogP contribution >= 0.6 is 0 Å². The van der Waals surface area contributed by atoms with Crippen LogP contribution in [-0.2, 0) is 12.7 Å². The van der Waals surface area contributed by atoms with Crippen molar-refractivity contribution in [1.82, 2.24) is 9.13 Å². The maximum Gasteiger partial charge on any atom is 0.416 e. The molecule has 40 heavy (non-hydrogen) atoms. The molecule has 9 heteroatoms. The molecule has 6 nitrogen and oxygen atoms in total. The van der Waals surface area contributed by atoms with E-state index in [2.05, 4.69) is 17.9 Å². The first-order valence-corrected chi connectivity index (χ1v) is 13.7. The lowest BCUT2D eigenvalue weighted by molar-refractivity contribution is -0.138. The monoisotopic (exact) mass is 553 g/mol. The molecule has 2 heterocycles. The molecule has 4 aromatic rings. The number of piperidine rings is 1. The van der Waals surface area contributed by atoms with Gasteiger partial charge in [0.15, 0.2) is 0 Å². The molecule has 0 bridgehead atoms. The van der Waals surface area contributed by atoms with Gasteiger partial charge in [-0.15, -0.1) is 0 Å². The Morgan fingerprint density at radius 3 is 2.35 bits per heavy atom. The normalized spacial score (nSPS) is 14.6. The van der Waals surface area contributed by atoms with E-state index >= 15 is 0 Å². The van der Waals surface area contributed by atoms with Crippen LogP contribution in [0.2, 0.25) is 0 Å². The predicted octanol–water partition coefficient (Wildman–Crippen LogP) is 6.90. The molecule has 1 fully saturated rings. The van der Waals surface area contributed by atoms with E-state index in [1.807, 2.05) is 30.3 Å². The number of halogens is 3. The van der Waals surface area contributed by atoms with Crippen LogP contribution in [0, 0.1) is 0 Å². The fourth-order valence-electron chi connectivity index (χ4n) is 5.61. The van der Waals surface area contributed by atoms with Crippen LogP contribution in [0.25, 0.3) is 11.0 Å². The van der Waals surface area contributed by atoms with Crippen molar-refractivity contribution in [3.05, 3.63) is 88.3 Å². The first kappa shape index (κ1) is 27.7. The Hall–Kier alpha value is -3.88. The highest BCUT2D eigenvalue weighted by molar-refractivity contribution is 5.83. The SMILES string of the molecule is CCCCOc1ccccc1N1CCC(n2c(=O)n(Cc3ccccc3C(F)(F)F)c3c(OC)cccc32)CC1. The highest BCUT2D eigenvalue weighted by Crippen LogP contribution is 2.36. The van der Waals surface area contributed by atoms with Crippen molar-refractivity contribution in [3.63, 3.8) is 0 Å². The molecule has 0 aliphatic carbocycles. The number of nitrogens with zero attached hydrogens (tertiary/aromatic N) is 3. The predicted molar refractivity (Wildman–Crippen MR) is 151 cm³/mol. The summed E-state index contributed by atoms with van der Waals surface area (Å²) in [6.07, 6.45) is -1.06. The minimum atomic E-state index is -4.52. The number of imidazole rings is 1. The molecule has 5 rings (SSSR count). The van der Waals surface area contributed by atoms with Gasteiger partial charge in [0.1, 0.15) is 17.0 Å². The van der Waals surface area contributed by atoms with Crippen molar-refractivity contribution in [2.45, 2.75) is 51.4 Å². The Morgan fingerprint density at radius 2 is 1.62 bits per heavy atom. The summed E-state index contributed by atoms with van der Waals surface area (Å²) in [5, 5.41) is 0. The van der Waals surface area contributed by atoms with E-state index in [1.165, 1.54) is 23.8 Å². The van der Waals surface area contributed by atoms with Crippen LogP contribution in [0.3, 0.4) is 0 Å². The molecule has 1 aromatic heterocycles. The summed E-state index contributed by atoms with van der Waals surface area (Å²) >= 11 is 0. The van der Waals surface area contributed by atoms with E-state index in [1.54, 1.807) is 16.7 Å². The van der Waals surface area contributed by atoms with Crippen LogP contribution in [0.15, 0.2) is 71.5 Å². The van der Waals surface area contributed by atoms with Gasteiger partial charge in [0.25, 0.3) is 0 Å². The number of unbranched alkanes of at least 4 members (excludes halogenated alkanes) is 1. The van der Waals surface area contributed by atoms with Gasteiger partial charge in [-0.3, -0.25) is 9.13 Å². The molecular formula is C31H34F3N3O3. The Bertz CT molecular complexity index is 1520. The maximum atomic E-state index is 13.9. The lowest BCUT2D eigenvalue weighted by Crippen LogP contribution is -2.38. The standard InChI is InChI=1S/C31H34F3N3O3/c1-3-4-20-40-27-14-8-7-12-25(27)35-18-16-23(17-19-35)37-26-13-9-15-28(39-2)29(26)36(30(37)38)21-22-10-5-6-11-24(22)31(32,33)34/h5-15,23H,3-4,16-21H2,1-2H3. The number of methoxy groups -OCH3 is 1. The van der Waals surface area contributed by atoms with Crippen molar-refractivity contribution < 1.29 is 22.6 Å². The molecule has 1 aliphatic heterocycles. The van der Waals surface area contributed by atoms with Gasteiger partial charge in [-0.05, 0) is 55.2 Å². The number of ether oxygens (including phenoxy) is 2. The number of rotatable bonds is 9. The van der Waals surface area contributed by atoms with Crippen LogP contribution in [0.1, 0.15) is 49.8 Å². The quantitative estimate of drug-likeness (QED) is 0.212. The van der Waals surface area contributed by atoms with Crippen molar-refractivity contribution in [2.24, 2.45) is 0 Å². The molecule has 1 saturated heterocycles. The molecule has 0 N–H and O–H groups in total. The minimum Gasteiger partial charge on any atom is -0.494 e. The summed E-state index contributed by atoms with van der Waals surface area (Å²) in [6.45, 7) is 4.03. The van der Waals surface area contributed by atoms with Gasteiger partial charge in [0.05, 0.1) is 37.0 Å². The molecule has 0 amide bonds. The second-order valence-electron chi connectivity index (χ2n) is 10.1. The largest absolute Gasteiger partial charge is 0.494 e. The number of fused-ring (bicyclic) bond motifs is 1. The summed E-state index contributed by atoms with van der Waals surface area (Å²) in [6, 6.07) is 18.7. The molecule has 0 radical (unpaired) electrons. The number of benzene rings is 3. The van der Waals surface area contributed by atoms with E-state index in [0.717, 1.165) is 43.4 Å². The highest BCUT2D eigenvalue weighted by Gasteiger charge is 2.34. The molecule has 3 aromatic carbocycles. The lowest BCUT2D eigenvalue weighted by Gasteiger charge is -2.35. The Morgan fingerprint density at radius 1 is 0.925 bits per heavy atom. The summed E-state index contributed by atoms with van der Waals surface area (Å²) in [5.41, 5.74) is 1.16. The molecule has 0 saturated carbocycles. The van der Waals surface area contributed by atoms with Gasteiger partial charge in [-0.1, -0.05) is 49.7 Å². The van der Waals surface area contributed by atoms with Gasteiger partial charge >= 0.3 is 11.9 Å². The minimum absolute atomic E-state index is 0.0385. The van der Waals surface area contributed by atoms with Crippen molar-refractivity contribution in [3.8, 4) is 11.5 Å². The Balaban J connectivity index is 1.47. The van der Waals surface area contributed by atoms with Gasteiger partial charge in [0, 0.05) is 19.1 Å². The third-order valence-electron chi connectivity index (χ3n) is 7.61. The van der Waals surface area contributed by atoms with Crippen molar-refractivity contribution >= 4 is 16.7 Å². The van der Waals surface area contributed by atoms with Crippen LogP contribution in [0.4, 0.5) is 18.9 Å². The van der Waals surface area contributed by atoms with E-state index in [-0.39, 0.29) is 23.8 Å². The molecule has 1 aliphatic rings. The zero-order valence-corrected chi connectivity index (χ0v) is 22.8. The van der Waals surface area contributed by atoms with Gasteiger partial charge in [0.2, 0.25) is 0 Å². The maximum absolute atomic E-state index is 13.9. The first-order chi connectivity index (χ1) is 19.3. The third kappa shape index (κ3) is 5.42. The first-order valence-electron chi connectivity index (χ1n) is 13.7. The average molecular weight is 554 g/mol. The molecule has 0 spiro atoms. The van der Waals surface area contributed by atoms with Crippen LogP contribution in [-0.4, -0.2) is 35.9 Å². The number of anilines is 1. The van der Waals surface area contributed by atoms with Crippen molar-refractivity contribution in [2.75, 3.05) is 31.7 Å². The van der Waals surface area contributed by atoms with Crippen LogP contribution < -0.4 is 20.1 Å². The van der Waals surface area contributed by atoms with E-state index < -0.39 is 11.7 Å². The van der Waals surface area contributed by atoms with Gasteiger partial charge in [-0.2, -0.15) is 13.2 Å². The summed E-state index contributed by atoms with van der Waals surface area (Å²) < 4.78 is 56.1. The van der Waals surface area contributed by atoms with Gasteiger partial charge < -0.3 is 14.4 Å². The number of hydrogen-bond donors (Lipinski definition) is 0. The fraction of sp³-hybridized carbons (Fsp3) is 0.387. The molecule has 212 valence electrons. The van der Waals surface area contributed by atoms with E-state index in [9.17, 15) is 18.0 Å². The number of para-hydroxylation sites is 3. The molecule has 0 atom stereocenters. The number of alkyl halides is 3. The van der Waals surface area contributed by atoms with E-state index in [0.29, 0.717) is 36.2 Å². The van der Waals surface area contributed by atoms with Crippen molar-refractivity contribution in [1.29, 1.82) is 0 Å². The Kier molecular flexibility index (Phi) is 8.09. The smallest absolute Gasteiger partial charge is 0.416 e. The number of hydrogen-bond acceptors (Lipinski definition) is 4. The zero-order chi connectivity index (χ0) is 28.3. The average Bonchev–Trinajstić information content (AvgIpc) is 3.24. The van der Waals surface area contributed by atoms with E-state index in [4.69, 9.17) is 9.47 Å². The summed E-state index contributed by atoms with van der Waals surface area (Å²) in [4.78, 5) is 16.2. The zero-order valence-electron chi connectivity index (χ0n) is 22.8. The van der Waals surface area contributed by atoms with Gasteiger partial charge in [-0.25, -0.2) is 4.79 Å². The Labute approximate surface area is 231 Å². The van der Waals surface area contributed by atoms with Crippen LogP contribution in [0.5, 0.6) is 11.5 Å². The fourth-order valence-corrected chi connectivity index (χ4v) is 5.61. The lowest BCUT2D eigenvalue weighted by atomic mass is 10.0. The summed E-state index contributed by atoms with van der Waals surface area (Å²) in [5.74, 6) is 1.31. The molecular weight excluding hydrogens is 519 g/mol.